The van der Waals surface area contributed by atoms with Gasteiger partial charge in [0.05, 0.1) is 18.3 Å². The molecule has 7 nitrogen and oxygen atoms in total. The lowest BCUT2D eigenvalue weighted by Crippen LogP contribution is -2.50. The minimum atomic E-state index is -0.0963. The molecule has 1 fully saturated rings. The van der Waals surface area contributed by atoms with Crippen molar-refractivity contribution < 1.29 is 9.32 Å². The Kier molecular flexibility index (Phi) is 3.74. The fraction of sp³-hybridized carbons (Fsp3) is 0.533. The first-order valence-corrected chi connectivity index (χ1v) is 7.40. The Labute approximate surface area is 129 Å². The summed E-state index contributed by atoms with van der Waals surface area (Å²) in [5, 5.41) is 10.9. The zero-order chi connectivity index (χ0) is 15.7. The number of amides is 1. The van der Waals surface area contributed by atoms with Crippen LogP contribution in [-0.4, -0.2) is 45.4 Å². The van der Waals surface area contributed by atoms with Crippen LogP contribution in [0.1, 0.15) is 32.5 Å². The third-order valence-electron chi connectivity index (χ3n) is 3.75. The first-order valence-electron chi connectivity index (χ1n) is 7.40. The molecule has 0 atom stereocenters. The van der Waals surface area contributed by atoms with Crippen LogP contribution in [0.25, 0.3) is 0 Å². The minimum Gasteiger partial charge on any atom is -0.338 e. The first-order chi connectivity index (χ1) is 10.4. The second-order valence-corrected chi connectivity index (χ2v) is 6.71. The van der Waals surface area contributed by atoms with Crippen molar-refractivity contribution in [3.8, 4) is 0 Å². The van der Waals surface area contributed by atoms with E-state index >= 15 is 0 Å². The van der Waals surface area contributed by atoms with Gasteiger partial charge >= 0.3 is 0 Å². The van der Waals surface area contributed by atoms with Crippen molar-refractivity contribution in [2.24, 2.45) is 0 Å². The summed E-state index contributed by atoms with van der Waals surface area (Å²) in [6, 6.07) is 4.05. The number of carbonyl (C=O) groups excluding carboxylic acids is 1. The summed E-state index contributed by atoms with van der Waals surface area (Å²) in [4.78, 5) is 14.1. The molecule has 0 spiro atoms. The van der Waals surface area contributed by atoms with Gasteiger partial charge in [0.1, 0.15) is 0 Å². The van der Waals surface area contributed by atoms with Crippen LogP contribution in [0.5, 0.6) is 0 Å². The number of hydrogen-bond donors (Lipinski definition) is 1. The molecule has 0 aliphatic carbocycles. The second kappa shape index (κ2) is 5.57. The molecule has 118 valence electrons. The number of hydrogen-bond acceptors (Lipinski definition) is 5. The van der Waals surface area contributed by atoms with Gasteiger partial charge in [-0.25, -0.2) is 0 Å². The maximum atomic E-state index is 12.0. The molecule has 2 aromatic rings. The van der Waals surface area contributed by atoms with E-state index < -0.39 is 0 Å². The molecule has 1 aliphatic rings. The lowest BCUT2D eigenvalue weighted by Gasteiger charge is -2.38. The summed E-state index contributed by atoms with van der Waals surface area (Å²) in [5.41, 5.74) is 0.728. The number of nitrogens with zero attached hydrogens (tertiary/aromatic N) is 4. The summed E-state index contributed by atoms with van der Waals surface area (Å²) in [6.45, 7) is 8.16. The van der Waals surface area contributed by atoms with Crippen LogP contribution in [0.3, 0.4) is 0 Å². The highest BCUT2D eigenvalue weighted by Gasteiger charge is 2.30. The molecule has 1 amide bonds. The number of nitrogens with one attached hydrogen (secondary N) is 1. The number of anilines is 1. The predicted octanol–water partition coefficient (Wildman–Crippen LogP) is 1.66. The summed E-state index contributed by atoms with van der Waals surface area (Å²) in [7, 11) is 0. The Balaban J connectivity index is 1.47. The highest BCUT2D eigenvalue weighted by atomic mass is 16.5. The summed E-state index contributed by atoms with van der Waals surface area (Å²) >= 11 is 0. The molecule has 3 rings (SSSR count). The van der Waals surface area contributed by atoms with Gasteiger partial charge < -0.3 is 4.52 Å². The van der Waals surface area contributed by atoms with Crippen LogP contribution in [0.4, 0.5) is 5.88 Å². The van der Waals surface area contributed by atoms with E-state index in [1.165, 1.54) is 0 Å². The van der Waals surface area contributed by atoms with Crippen LogP contribution >= 0.6 is 0 Å². The van der Waals surface area contributed by atoms with E-state index in [9.17, 15) is 4.79 Å². The third-order valence-corrected chi connectivity index (χ3v) is 3.75. The fourth-order valence-corrected chi connectivity index (χ4v) is 2.40. The van der Waals surface area contributed by atoms with Crippen LogP contribution in [0.2, 0.25) is 0 Å². The van der Waals surface area contributed by atoms with Crippen molar-refractivity contribution in [2.75, 3.05) is 25.0 Å². The molecule has 0 radical (unpaired) electrons. The van der Waals surface area contributed by atoms with Crippen molar-refractivity contribution in [1.29, 1.82) is 0 Å². The Morgan fingerprint density at radius 1 is 1.45 bits per heavy atom. The molecule has 2 aromatic heterocycles. The van der Waals surface area contributed by atoms with Gasteiger partial charge in [-0.2, -0.15) is 5.10 Å². The summed E-state index contributed by atoms with van der Waals surface area (Å²) in [6.07, 6.45) is 3.72. The van der Waals surface area contributed by atoms with Crippen molar-refractivity contribution >= 4 is 11.8 Å². The van der Waals surface area contributed by atoms with E-state index in [0.717, 1.165) is 18.8 Å². The van der Waals surface area contributed by atoms with Crippen molar-refractivity contribution in [2.45, 2.75) is 32.2 Å². The monoisotopic (exact) mass is 303 g/mol. The molecular weight excluding hydrogens is 282 g/mol. The molecule has 0 saturated carbocycles. The molecule has 0 unspecified atom stereocenters. The number of rotatable bonds is 4. The largest absolute Gasteiger partial charge is 0.338 e. The first kappa shape index (κ1) is 14.8. The van der Waals surface area contributed by atoms with E-state index in [0.29, 0.717) is 18.5 Å². The molecule has 0 bridgehead atoms. The van der Waals surface area contributed by atoms with E-state index in [-0.39, 0.29) is 11.3 Å². The Morgan fingerprint density at radius 2 is 2.23 bits per heavy atom. The zero-order valence-electron chi connectivity index (χ0n) is 13.1. The van der Waals surface area contributed by atoms with Gasteiger partial charge in [-0.15, -0.1) is 0 Å². The maximum absolute atomic E-state index is 12.0. The van der Waals surface area contributed by atoms with E-state index in [4.69, 9.17) is 4.52 Å². The van der Waals surface area contributed by atoms with E-state index in [2.05, 4.69) is 20.5 Å². The number of carbonyl (C=O) groups is 1. The quantitative estimate of drug-likeness (QED) is 0.929. The molecule has 0 aromatic carbocycles. The van der Waals surface area contributed by atoms with Gasteiger partial charge in [0, 0.05) is 37.0 Å². The maximum Gasteiger partial charge on any atom is 0.240 e. The average molecular weight is 303 g/mol. The third kappa shape index (κ3) is 3.19. The summed E-state index contributed by atoms with van der Waals surface area (Å²) < 4.78 is 7.09. The minimum absolute atomic E-state index is 0.0875. The van der Waals surface area contributed by atoms with Crippen LogP contribution in [0, 0.1) is 0 Å². The van der Waals surface area contributed by atoms with Gasteiger partial charge in [-0.1, -0.05) is 25.9 Å². The molecule has 22 heavy (non-hydrogen) atoms. The molecular formula is C15H21N5O2. The predicted molar refractivity (Wildman–Crippen MR) is 81.5 cm³/mol. The molecule has 1 N–H and O–H groups in total. The molecule has 7 heteroatoms. The Hall–Kier alpha value is -2.15. The lowest BCUT2D eigenvalue weighted by atomic mass is 9.92. The van der Waals surface area contributed by atoms with Gasteiger partial charge in [-0.3, -0.25) is 19.7 Å². The molecule has 1 saturated heterocycles. The number of aromatic nitrogens is 3. The molecule has 1 aliphatic heterocycles. The fourth-order valence-electron chi connectivity index (χ4n) is 2.40. The van der Waals surface area contributed by atoms with Crippen molar-refractivity contribution in [3.05, 3.63) is 30.2 Å². The van der Waals surface area contributed by atoms with Gasteiger partial charge in [0.25, 0.3) is 0 Å². The van der Waals surface area contributed by atoms with Crippen LogP contribution < -0.4 is 5.32 Å². The average Bonchev–Trinajstić information content (AvgIpc) is 3.02. The highest BCUT2D eigenvalue weighted by Crippen LogP contribution is 2.24. The smallest absolute Gasteiger partial charge is 0.240 e. The topological polar surface area (TPSA) is 76.2 Å². The zero-order valence-corrected chi connectivity index (χ0v) is 13.1. The van der Waals surface area contributed by atoms with Crippen LogP contribution in [-0.2, 0) is 10.2 Å². The summed E-state index contributed by atoms with van der Waals surface area (Å²) in [5.74, 6) is 0.314. The van der Waals surface area contributed by atoms with E-state index in [1.807, 2.05) is 37.7 Å². The van der Waals surface area contributed by atoms with E-state index in [1.54, 1.807) is 12.3 Å². The normalized spacial score (nSPS) is 16.5. The van der Waals surface area contributed by atoms with Crippen molar-refractivity contribution in [1.82, 2.24) is 19.8 Å². The highest BCUT2D eigenvalue weighted by molar-refractivity contribution is 5.91. The Morgan fingerprint density at radius 3 is 2.82 bits per heavy atom. The van der Waals surface area contributed by atoms with Gasteiger partial charge in [0.2, 0.25) is 11.8 Å². The molecule has 3 heterocycles. The van der Waals surface area contributed by atoms with Crippen molar-refractivity contribution in [3.63, 3.8) is 0 Å². The van der Waals surface area contributed by atoms with Gasteiger partial charge in [-0.05, 0) is 6.07 Å². The van der Waals surface area contributed by atoms with Gasteiger partial charge in [0.15, 0.2) is 0 Å². The standard InChI is InChI=1S/C15H21N5O2/c1-15(2,3)12-7-14(22-18-12)17-13(21)10-19-8-11(9-19)20-6-4-5-16-20/h4-7,11H,8-10H2,1-3H3,(H,17,21). The number of likely N-dealkylation sites (tertiary alicyclic amines) is 1. The Bertz CT molecular complexity index is 635. The second-order valence-electron chi connectivity index (χ2n) is 6.71. The lowest BCUT2D eigenvalue weighted by molar-refractivity contribution is -0.118. The SMILES string of the molecule is CC(C)(C)c1cc(NC(=O)CN2CC(n3cccn3)C2)on1. The van der Waals surface area contributed by atoms with Crippen LogP contribution in [0.15, 0.2) is 29.0 Å².